The molecule has 0 bridgehead atoms. The van der Waals surface area contributed by atoms with Crippen LogP contribution in [0.2, 0.25) is 0 Å². The molecule has 0 radical (unpaired) electrons. The van der Waals surface area contributed by atoms with Crippen LogP contribution in [0.15, 0.2) is 11.4 Å². The third-order valence-electron chi connectivity index (χ3n) is 4.04. The molecule has 19 heavy (non-hydrogen) atoms. The van der Waals surface area contributed by atoms with E-state index in [0.717, 1.165) is 30.6 Å². The SMILES string of the molecule is CC(=O)Nc1ccsc1CNCC1CCCCC1C. The van der Waals surface area contributed by atoms with Crippen LogP contribution in [0.25, 0.3) is 0 Å². The Kier molecular flexibility index (Phi) is 5.40. The van der Waals surface area contributed by atoms with E-state index in [1.807, 2.05) is 11.4 Å². The highest BCUT2D eigenvalue weighted by molar-refractivity contribution is 7.10. The van der Waals surface area contributed by atoms with Gasteiger partial charge in [0.25, 0.3) is 0 Å². The molecule has 0 saturated heterocycles. The molecule has 1 fully saturated rings. The minimum absolute atomic E-state index is 0.000512. The van der Waals surface area contributed by atoms with E-state index in [9.17, 15) is 4.79 Å². The van der Waals surface area contributed by atoms with Gasteiger partial charge in [0.15, 0.2) is 0 Å². The summed E-state index contributed by atoms with van der Waals surface area (Å²) in [6.45, 7) is 5.88. The molecular formula is C15H24N2OS. The van der Waals surface area contributed by atoms with Gasteiger partial charge in [-0.25, -0.2) is 0 Å². The summed E-state index contributed by atoms with van der Waals surface area (Å²) in [7, 11) is 0. The summed E-state index contributed by atoms with van der Waals surface area (Å²) < 4.78 is 0. The van der Waals surface area contributed by atoms with E-state index in [1.54, 1.807) is 18.3 Å². The topological polar surface area (TPSA) is 41.1 Å². The zero-order valence-corrected chi connectivity index (χ0v) is 12.7. The van der Waals surface area contributed by atoms with E-state index in [-0.39, 0.29) is 5.91 Å². The molecule has 1 aliphatic carbocycles. The van der Waals surface area contributed by atoms with Gasteiger partial charge >= 0.3 is 0 Å². The number of carbonyl (C=O) groups is 1. The van der Waals surface area contributed by atoms with Crippen molar-refractivity contribution in [1.29, 1.82) is 0 Å². The van der Waals surface area contributed by atoms with Crippen LogP contribution in [0.4, 0.5) is 5.69 Å². The van der Waals surface area contributed by atoms with Gasteiger partial charge in [-0.1, -0.05) is 26.2 Å². The Bertz CT molecular complexity index is 416. The number of anilines is 1. The van der Waals surface area contributed by atoms with Crippen LogP contribution in [-0.2, 0) is 11.3 Å². The fourth-order valence-electron chi connectivity index (χ4n) is 2.85. The summed E-state index contributed by atoms with van der Waals surface area (Å²) in [5.74, 6) is 1.66. The molecule has 0 aliphatic heterocycles. The maximum absolute atomic E-state index is 11.1. The Labute approximate surface area is 119 Å². The molecular weight excluding hydrogens is 256 g/mol. The molecule has 2 unspecified atom stereocenters. The number of rotatable bonds is 5. The largest absolute Gasteiger partial charge is 0.325 e. The average Bonchev–Trinajstić information content (AvgIpc) is 2.78. The second-order valence-electron chi connectivity index (χ2n) is 5.59. The molecule has 0 spiro atoms. The van der Waals surface area contributed by atoms with Gasteiger partial charge in [-0.05, 0) is 36.2 Å². The average molecular weight is 280 g/mol. The molecule has 4 heteroatoms. The van der Waals surface area contributed by atoms with Crippen LogP contribution in [0.3, 0.4) is 0 Å². The van der Waals surface area contributed by atoms with Gasteiger partial charge in [0.2, 0.25) is 5.91 Å². The van der Waals surface area contributed by atoms with Gasteiger partial charge in [-0.3, -0.25) is 4.79 Å². The highest BCUT2D eigenvalue weighted by atomic mass is 32.1. The van der Waals surface area contributed by atoms with Crippen molar-refractivity contribution in [3.8, 4) is 0 Å². The number of carbonyl (C=O) groups excluding carboxylic acids is 1. The lowest BCUT2D eigenvalue weighted by Crippen LogP contribution is -2.29. The molecule has 1 saturated carbocycles. The van der Waals surface area contributed by atoms with Crippen molar-refractivity contribution in [2.75, 3.05) is 11.9 Å². The Morgan fingerprint density at radius 3 is 2.95 bits per heavy atom. The van der Waals surface area contributed by atoms with Crippen molar-refractivity contribution < 1.29 is 4.79 Å². The molecule has 3 nitrogen and oxygen atoms in total. The van der Waals surface area contributed by atoms with Crippen molar-refractivity contribution in [3.63, 3.8) is 0 Å². The number of hydrogen-bond donors (Lipinski definition) is 2. The Balaban J connectivity index is 1.79. The number of amides is 1. The maximum atomic E-state index is 11.1. The predicted molar refractivity (Wildman–Crippen MR) is 81.5 cm³/mol. The fourth-order valence-corrected chi connectivity index (χ4v) is 3.65. The normalized spacial score (nSPS) is 23.3. The summed E-state index contributed by atoms with van der Waals surface area (Å²) in [6.07, 6.45) is 5.52. The van der Waals surface area contributed by atoms with Crippen molar-refractivity contribution >= 4 is 22.9 Å². The maximum Gasteiger partial charge on any atom is 0.221 e. The van der Waals surface area contributed by atoms with Crippen LogP contribution in [0.1, 0.15) is 44.4 Å². The molecule has 2 N–H and O–H groups in total. The monoisotopic (exact) mass is 280 g/mol. The molecule has 2 rings (SSSR count). The second-order valence-corrected chi connectivity index (χ2v) is 6.59. The lowest BCUT2D eigenvalue weighted by molar-refractivity contribution is -0.114. The van der Waals surface area contributed by atoms with E-state index >= 15 is 0 Å². The third-order valence-corrected chi connectivity index (χ3v) is 4.96. The second kappa shape index (κ2) is 7.06. The van der Waals surface area contributed by atoms with E-state index in [4.69, 9.17) is 0 Å². The third kappa shape index (κ3) is 4.32. The van der Waals surface area contributed by atoms with Gasteiger partial charge in [0.05, 0.1) is 5.69 Å². The molecule has 0 aromatic carbocycles. The van der Waals surface area contributed by atoms with E-state index in [2.05, 4.69) is 17.6 Å². The van der Waals surface area contributed by atoms with E-state index < -0.39 is 0 Å². The molecule has 1 aromatic heterocycles. The van der Waals surface area contributed by atoms with Crippen LogP contribution in [0.5, 0.6) is 0 Å². The van der Waals surface area contributed by atoms with E-state index in [0.29, 0.717) is 0 Å². The minimum Gasteiger partial charge on any atom is -0.325 e. The first-order valence-corrected chi connectivity index (χ1v) is 8.09. The number of hydrogen-bond acceptors (Lipinski definition) is 3. The lowest BCUT2D eigenvalue weighted by Gasteiger charge is -2.28. The van der Waals surface area contributed by atoms with Crippen LogP contribution in [0, 0.1) is 11.8 Å². The first kappa shape index (κ1) is 14.5. The summed E-state index contributed by atoms with van der Waals surface area (Å²) in [4.78, 5) is 12.3. The smallest absolute Gasteiger partial charge is 0.221 e. The van der Waals surface area contributed by atoms with Crippen molar-refractivity contribution in [3.05, 3.63) is 16.3 Å². The quantitative estimate of drug-likeness (QED) is 0.865. The lowest BCUT2D eigenvalue weighted by atomic mass is 9.80. The van der Waals surface area contributed by atoms with E-state index in [1.165, 1.54) is 30.6 Å². The van der Waals surface area contributed by atoms with Crippen molar-refractivity contribution in [2.45, 2.75) is 46.1 Å². The Hall–Kier alpha value is -0.870. The number of nitrogens with one attached hydrogen (secondary N) is 2. The Morgan fingerprint density at radius 1 is 1.42 bits per heavy atom. The molecule has 1 amide bonds. The van der Waals surface area contributed by atoms with Gasteiger partial charge in [-0.15, -0.1) is 11.3 Å². The highest BCUT2D eigenvalue weighted by Gasteiger charge is 2.20. The highest BCUT2D eigenvalue weighted by Crippen LogP contribution is 2.29. The molecule has 1 aliphatic rings. The predicted octanol–water partition coefficient (Wildman–Crippen LogP) is 3.62. The van der Waals surface area contributed by atoms with Gasteiger partial charge < -0.3 is 10.6 Å². The van der Waals surface area contributed by atoms with Gasteiger partial charge in [-0.2, -0.15) is 0 Å². The molecule has 1 aromatic rings. The van der Waals surface area contributed by atoms with Gasteiger partial charge in [0.1, 0.15) is 0 Å². The summed E-state index contributed by atoms with van der Waals surface area (Å²) in [5.41, 5.74) is 0.960. The van der Waals surface area contributed by atoms with Crippen LogP contribution < -0.4 is 10.6 Å². The Morgan fingerprint density at radius 2 is 2.21 bits per heavy atom. The standard InChI is InChI=1S/C15H24N2OS/c1-11-5-3-4-6-13(11)9-16-10-15-14(7-8-19-15)17-12(2)18/h7-8,11,13,16H,3-6,9-10H2,1-2H3,(H,17,18). The molecule has 1 heterocycles. The number of thiophene rings is 1. The zero-order chi connectivity index (χ0) is 13.7. The van der Waals surface area contributed by atoms with Crippen LogP contribution >= 0.6 is 11.3 Å². The van der Waals surface area contributed by atoms with Gasteiger partial charge in [0, 0.05) is 18.3 Å². The van der Waals surface area contributed by atoms with Crippen LogP contribution in [-0.4, -0.2) is 12.5 Å². The van der Waals surface area contributed by atoms with Crippen molar-refractivity contribution in [1.82, 2.24) is 5.32 Å². The summed E-state index contributed by atoms with van der Waals surface area (Å²) >= 11 is 1.70. The first-order valence-electron chi connectivity index (χ1n) is 7.21. The van der Waals surface area contributed by atoms with Crippen molar-refractivity contribution in [2.24, 2.45) is 11.8 Å². The summed E-state index contributed by atoms with van der Waals surface area (Å²) in [6, 6.07) is 1.98. The molecule has 2 atom stereocenters. The first-order chi connectivity index (χ1) is 9.16. The zero-order valence-electron chi connectivity index (χ0n) is 11.9. The summed E-state index contributed by atoms with van der Waals surface area (Å²) in [5, 5.41) is 8.48. The minimum atomic E-state index is 0.000512. The molecule has 106 valence electrons. The fraction of sp³-hybridized carbons (Fsp3) is 0.667.